The number of aromatic hydroxyl groups is 1. The maximum atomic E-state index is 10.7. The van der Waals surface area contributed by atoms with Crippen LogP contribution in [0, 0.1) is 0 Å². The van der Waals surface area contributed by atoms with E-state index in [0.29, 0.717) is 12.2 Å². The Morgan fingerprint density at radius 1 is 1.40 bits per heavy atom. The molecule has 4 heteroatoms. The van der Waals surface area contributed by atoms with E-state index in [1.165, 1.54) is 18.2 Å². The number of phenols is 1. The van der Waals surface area contributed by atoms with E-state index in [-0.39, 0.29) is 11.5 Å². The van der Waals surface area contributed by atoms with Gasteiger partial charge in [0, 0.05) is 0 Å². The van der Waals surface area contributed by atoms with Crippen molar-refractivity contribution in [2.75, 3.05) is 6.61 Å². The van der Waals surface area contributed by atoms with Crippen molar-refractivity contribution < 1.29 is 19.7 Å². The molecule has 0 fully saturated rings. The lowest BCUT2D eigenvalue weighted by atomic mass is 10.2. The van der Waals surface area contributed by atoms with Gasteiger partial charge in [-0.25, -0.2) is 4.79 Å². The molecule has 0 aliphatic heterocycles. The summed E-state index contributed by atoms with van der Waals surface area (Å²) in [7, 11) is 0. The van der Waals surface area contributed by atoms with Crippen molar-refractivity contribution >= 4 is 12.0 Å². The summed E-state index contributed by atoms with van der Waals surface area (Å²) >= 11 is 0. The van der Waals surface area contributed by atoms with E-state index in [0.717, 1.165) is 0 Å². The molecule has 4 nitrogen and oxygen atoms in total. The maximum absolute atomic E-state index is 10.7. The quantitative estimate of drug-likeness (QED) is 0.585. The molecule has 0 saturated heterocycles. The van der Waals surface area contributed by atoms with E-state index >= 15 is 0 Å². The van der Waals surface area contributed by atoms with Crippen molar-refractivity contribution in [3.05, 3.63) is 35.6 Å². The van der Waals surface area contributed by atoms with Crippen LogP contribution in [-0.2, 0) is 9.53 Å². The summed E-state index contributed by atoms with van der Waals surface area (Å²) in [5.41, 5.74) is 0.665. The summed E-state index contributed by atoms with van der Waals surface area (Å²) in [6.45, 7) is 2.02. The minimum Gasteiger partial charge on any atom is -0.508 e. The SMILES string of the molecule is CCOC(=Cc1ccc(O)cc1)C(=O)O. The van der Waals surface area contributed by atoms with Crippen molar-refractivity contribution in [3.8, 4) is 5.75 Å². The van der Waals surface area contributed by atoms with E-state index < -0.39 is 5.97 Å². The molecule has 0 heterocycles. The molecule has 0 saturated carbocycles. The van der Waals surface area contributed by atoms with E-state index in [2.05, 4.69) is 0 Å². The second-order valence-electron chi connectivity index (χ2n) is 2.84. The maximum Gasteiger partial charge on any atom is 0.371 e. The lowest BCUT2D eigenvalue weighted by Gasteiger charge is -2.03. The van der Waals surface area contributed by atoms with Crippen LogP contribution in [0.5, 0.6) is 5.75 Å². The first-order valence-corrected chi connectivity index (χ1v) is 4.50. The topological polar surface area (TPSA) is 66.8 Å². The van der Waals surface area contributed by atoms with Gasteiger partial charge in [-0.3, -0.25) is 0 Å². The summed E-state index contributed by atoms with van der Waals surface area (Å²) in [5, 5.41) is 17.8. The molecule has 0 aliphatic rings. The monoisotopic (exact) mass is 208 g/mol. The minimum absolute atomic E-state index is 0.108. The summed E-state index contributed by atoms with van der Waals surface area (Å²) in [6, 6.07) is 6.18. The molecule has 0 amide bonds. The third kappa shape index (κ3) is 3.34. The highest BCUT2D eigenvalue weighted by atomic mass is 16.5. The van der Waals surface area contributed by atoms with Crippen LogP contribution in [0.2, 0.25) is 0 Å². The molecule has 0 aromatic heterocycles. The third-order valence-corrected chi connectivity index (χ3v) is 1.70. The Balaban J connectivity index is 2.91. The Hall–Kier alpha value is -1.97. The van der Waals surface area contributed by atoms with Crippen molar-refractivity contribution in [2.45, 2.75) is 6.92 Å². The fourth-order valence-electron chi connectivity index (χ4n) is 1.04. The Labute approximate surface area is 87.4 Å². The van der Waals surface area contributed by atoms with E-state index in [9.17, 15) is 4.79 Å². The first-order chi connectivity index (χ1) is 7.13. The second-order valence-corrected chi connectivity index (χ2v) is 2.84. The zero-order chi connectivity index (χ0) is 11.3. The van der Waals surface area contributed by atoms with Crippen molar-refractivity contribution in [3.63, 3.8) is 0 Å². The van der Waals surface area contributed by atoms with Gasteiger partial charge in [-0.15, -0.1) is 0 Å². The van der Waals surface area contributed by atoms with Gasteiger partial charge in [0.05, 0.1) is 6.61 Å². The molecule has 2 N–H and O–H groups in total. The second kappa shape index (κ2) is 5.05. The molecule has 1 aromatic carbocycles. The standard InChI is InChI=1S/C11H12O4/c1-2-15-10(11(13)14)7-8-3-5-9(12)6-4-8/h3-7,12H,2H2,1H3,(H,13,14). The Morgan fingerprint density at radius 2 is 2.00 bits per heavy atom. The number of ether oxygens (including phenoxy) is 1. The van der Waals surface area contributed by atoms with Crippen LogP contribution in [0.3, 0.4) is 0 Å². The highest BCUT2D eigenvalue weighted by Gasteiger charge is 2.07. The third-order valence-electron chi connectivity index (χ3n) is 1.70. The van der Waals surface area contributed by atoms with Crippen molar-refractivity contribution in [1.29, 1.82) is 0 Å². The van der Waals surface area contributed by atoms with Gasteiger partial charge in [0.15, 0.2) is 0 Å². The van der Waals surface area contributed by atoms with E-state index in [1.807, 2.05) is 0 Å². The number of carbonyl (C=O) groups is 1. The van der Waals surface area contributed by atoms with Crippen LogP contribution >= 0.6 is 0 Å². The molecular weight excluding hydrogens is 196 g/mol. The van der Waals surface area contributed by atoms with Gasteiger partial charge in [-0.2, -0.15) is 0 Å². The zero-order valence-corrected chi connectivity index (χ0v) is 8.30. The molecule has 0 bridgehead atoms. The largest absolute Gasteiger partial charge is 0.508 e. The number of hydrogen-bond donors (Lipinski definition) is 2. The fraction of sp³-hybridized carbons (Fsp3) is 0.182. The Bertz CT molecular complexity index is 365. The van der Waals surface area contributed by atoms with Crippen LogP contribution in [-0.4, -0.2) is 22.8 Å². The summed E-state index contributed by atoms with van der Waals surface area (Å²) in [6.07, 6.45) is 1.41. The number of phenolic OH excluding ortho intramolecular Hbond substituents is 1. The molecule has 1 aromatic rings. The van der Waals surface area contributed by atoms with Crippen LogP contribution < -0.4 is 0 Å². The molecule has 0 radical (unpaired) electrons. The van der Waals surface area contributed by atoms with Gasteiger partial charge in [-0.05, 0) is 30.7 Å². The predicted octanol–water partition coefficient (Wildman–Crippen LogP) is 1.85. The van der Waals surface area contributed by atoms with Gasteiger partial charge >= 0.3 is 5.97 Å². The smallest absolute Gasteiger partial charge is 0.371 e. The molecule has 0 spiro atoms. The highest BCUT2D eigenvalue weighted by molar-refractivity contribution is 5.89. The molecule has 15 heavy (non-hydrogen) atoms. The van der Waals surface area contributed by atoms with Gasteiger partial charge in [0.2, 0.25) is 5.76 Å². The number of carboxylic acid groups (broad SMARTS) is 1. The number of aliphatic carboxylic acids is 1. The van der Waals surface area contributed by atoms with Crippen molar-refractivity contribution in [2.24, 2.45) is 0 Å². The first-order valence-electron chi connectivity index (χ1n) is 4.50. The fourth-order valence-corrected chi connectivity index (χ4v) is 1.04. The summed E-state index contributed by atoms with van der Waals surface area (Å²) in [4.78, 5) is 10.7. The first kappa shape index (κ1) is 11.1. The average Bonchev–Trinajstić information content (AvgIpc) is 2.20. The molecular formula is C11H12O4. The molecule has 0 unspecified atom stereocenters. The number of hydrogen-bond acceptors (Lipinski definition) is 3. The average molecular weight is 208 g/mol. The number of rotatable bonds is 4. The minimum atomic E-state index is -1.11. The normalized spacial score (nSPS) is 11.1. The van der Waals surface area contributed by atoms with Gasteiger partial charge in [-0.1, -0.05) is 12.1 Å². The van der Waals surface area contributed by atoms with E-state index in [4.69, 9.17) is 14.9 Å². The lowest BCUT2D eigenvalue weighted by Crippen LogP contribution is -2.04. The van der Waals surface area contributed by atoms with Gasteiger partial charge in [0.25, 0.3) is 0 Å². The van der Waals surface area contributed by atoms with Crippen LogP contribution in [0.25, 0.3) is 6.08 Å². The Morgan fingerprint density at radius 3 is 2.47 bits per heavy atom. The number of benzene rings is 1. The van der Waals surface area contributed by atoms with Gasteiger partial charge < -0.3 is 14.9 Å². The summed E-state index contributed by atoms with van der Waals surface area (Å²) in [5.74, 6) is -1.08. The molecule has 1 rings (SSSR count). The van der Waals surface area contributed by atoms with E-state index in [1.54, 1.807) is 19.1 Å². The zero-order valence-electron chi connectivity index (χ0n) is 8.30. The Kier molecular flexibility index (Phi) is 3.74. The molecule has 80 valence electrons. The van der Waals surface area contributed by atoms with Gasteiger partial charge in [0.1, 0.15) is 5.75 Å². The predicted molar refractivity (Wildman–Crippen MR) is 55.3 cm³/mol. The molecule has 0 atom stereocenters. The van der Waals surface area contributed by atoms with Crippen molar-refractivity contribution in [1.82, 2.24) is 0 Å². The molecule has 0 aliphatic carbocycles. The lowest BCUT2D eigenvalue weighted by molar-refractivity contribution is -0.136. The van der Waals surface area contributed by atoms with Crippen LogP contribution in [0.15, 0.2) is 30.0 Å². The van der Waals surface area contributed by atoms with Crippen LogP contribution in [0.4, 0.5) is 0 Å². The van der Waals surface area contributed by atoms with Crippen LogP contribution in [0.1, 0.15) is 12.5 Å². The number of carboxylic acids is 1. The highest BCUT2D eigenvalue weighted by Crippen LogP contribution is 2.13. The summed E-state index contributed by atoms with van der Waals surface area (Å²) < 4.78 is 4.94.